The van der Waals surface area contributed by atoms with Gasteiger partial charge in [0.1, 0.15) is 5.58 Å². The molecule has 1 amide bonds. The average molecular weight is 386 g/mol. The smallest absolute Gasteiger partial charge is 0.287 e. The van der Waals surface area contributed by atoms with Gasteiger partial charge in [-0.05, 0) is 41.8 Å². The fourth-order valence-corrected chi connectivity index (χ4v) is 3.12. The van der Waals surface area contributed by atoms with Crippen LogP contribution < -0.4 is 15.9 Å². The second-order valence-electron chi connectivity index (χ2n) is 6.03. The van der Waals surface area contributed by atoms with E-state index in [1.807, 2.05) is 13.0 Å². The fourth-order valence-electron chi connectivity index (χ4n) is 2.60. The maximum atomic E-state index is 12.3. The first-order chi connectivity index (χ1) is 12.8. The lowest BCUT2D eigenvalue weighted by molar-refractivity contribution is 0.0923. The maximum absolute atomic E-state index is 12.3. The Morgan fingerprint density at radius 1 is 1.07 bits per heavy atom. The number of nitrogens with one attached hydrogen (secondary N) is 1. The van der Waals surface area contributed by atoms with Crippen LogP contribution in [0.2, 0.25) is 0 Å². The molecule has 140 valence electrons. The Morgan fingerprint density at radius 3 is 2.37 bits per heavy atom. The van der Waals surface area contributed by atoms with E-state index in [4.69, 9.17) is 9.56 Å². The van der Waals surface area contributed by atoms with Crippen molar-refractivity contribution in [2.75, 3.05) is 0 Å². The van der Waals surface area contributed by atoms with Crippen molar-refractivity contribution in [3.8, 4) is 0 Å². The monoisotopic (exact) mass is 386 g/mol. The van der Waals surface area contributed by atoms with E-state index in [0.717, 1.165) is 12.0 Å². The molecule has 0 aliphatic heterocycles. The third kappa shape index (κ3) is 4.24. The molecule has 1 aromatic heterocycles. The molecule has 0 saturated carbocycles. The third-order valence-electron chi connectivity index (χ3n) is 4.13. The van der Waals surface area contributed by atoms with Gasteiger partial charge < -0.3 is 9.73 Å². The minimum Gasteiger partial charge on any atom is -0.451 e. The standard InChI is InChI=1S/C19H18N2O5S/c1-2-12-5-8-17-15(9-12)16(22)10-18(26-17)19(23)21-11-13-3-6-14(7-4-13)27(20,24)25/h3-10H,2,11H2,1H3,(H,21,23)(H2,20,24,25). The van der Waals surface area contributed by atoms with Crippen LogP contribution in [0.1, 0.15) is 28.6 Å². The first kappa shape index (κ1) is 18.8. The summed E-state index contributed by atoms with van der Waals surface area (Å²) in [5.74, 6) is -0.623. The van der Waals surface area contributed by atoms with E-state index in [0.29, 0.717) is 16.5 Å². The average Bonchev–Trinajstić information content (AvgIpc) is 2.65. The number of carbonyl (C=O) groups is 1. The first-order valence-corrected chi connectivity index (χ1v) is 9.79. The van der Waals surface area contributed by atoms with Crippen molar-refractivity contribution in [1.29, 1.82) is 0 Å². The number of hydrogen-bond acceptors (Lipinski definition) is 5. The Bertz CT molecular complexity index is 1160. The van der Waals surface area contributed by atoms with Crippen LogP contribution >= 0.6 is 0 Å². The van der Waals surface area contributed by atoms with E-state index >= 15 is 0 Å². The summed E-state index contributed by atoms with van der Waals surface area (Å²) >= 11 is 0. The second-order valence-corrected chi connectivity index (χ2v) is 7.59. The Hall–Kier alpha value is -2.97. The zero-order valence-corrected chi connectivity index (χ0v) is 15.4. The molecule has 2 aromatic carbocycles. The molecule has 0 aliphatic rings. The van der Waals surface area contributed by atoms with Crippen LogP contribution in [0.3, 0.4) is 0 Å². The molecule has 0 atom stereocenters. The summed E-state index contributed by atoms with van der Waals surface area (Å²) in [5.41, 5.74) is 1.75. The predicted molar refractivity (Wildman–Crippen MR) is 101 cm³/mol. The molecule has 0 aliphatic carbocycles. The summed E-state index contributed by atoms with van der Waals surface area (Å²) < 4.78 is 28.0. The lowest BCUT2D eigenvalue weighted by Gasteiger charge is -2.07. The summed E-state index contributed by atoms with van der Waals surface area (Å²) in [7, 11) is -3.76. The number of sulfonamides is 1. The molecular weight excluding hydrogens is 368 g/mol. The van der Waals surface area contributed by atoms with Crippen molar-refractivity contribution in [2.24, 2.45) is 5.14 Å². The molecule has 3 rings (SSSR count). The van der Waals surface area contributed by atoms with Crippen LogP contribution in [-0.2, 0) is 23.0 Å². The molecule has 1 heterocycles. The molecule has 0 spiro atoms. The Balaban J connectivity index is 1.77. The Morgan fingerprint density at radius 2 is 1.74 bits per heavy atom. The number of hydrogen-bond donors (Lipinski definition) is 2. The van der Waals surface area contributed by atoms with E-state index in [9.17, 15) is 18.0 Å². The maximum Gasteiger partial charge on any atom is 0.287 e. The molecule has 8 heteroatoms. The van der Waals surface area contributed by atoms with E-state index in [1.54, 1.807) is 24.3 Å². The van der Waals surface area contributed by atoms with E-state index < -0.39 is 15.9 Å². The number of primary sulfonamides is 1. The van der Waals surface area contributed by atoms with Crippen molar-refractivity contribution in [3.05, 3.63) is 75.6 Å². The van der Waals surface area contributed by atoms with Crippen molar-refractivity contribution in [3.63, 3.8) is 0 Å². The van der Waals surface area contributed by atoms with Gasteiger partial charge in [0.2, 0.25) is 10.0 Å². The molecule has 7 nitrogen and oxygen atoms in total. The van der Waals surface area contributed by atoms with Gasteiger partial charge in [0, 0.05) is 12.6 Å². The zero-order valence-electron chi connectivity index (χ0n) is 14.6. The quantitative estimate of drug-likeness (QED) is 0.694. The minimum absolute atomic E-state index is 0.00968. The highest BCUT2D eigenvalue weighted by atomic mass is 32.2. The molecule has 0 saturated heterocycles. The number of amides is 1. The normalized spacial score (nSPS) is 11.5. The van der Waals surface area contributed by atoms with Crippen LogP contribution in [0, 0.1) is 0 Å². The number of fused-ring (bicyclic) bond motifs is 1. The highest BCUT2D eigenvalue weighted by molar-refractivity contribution is 7.89. The summed E-state index contributed by atoms with van der Waals surface area (Å²) in [4.78, 5) is 24.6. The topological polar surface area (TPSA) is 119 Å². The van der Waals surface area contributed by atoms with Gasteiger partial charge in [-0.2, -0.15) is 0 Å². The van der Waals surface area contributed by atoms with Crippen LogP contribution in [0.5, 0.6) is 0 Å². The number of carbonyl (C=O) groups excluding carboxylic acids is 1. The molecule has 27 heavy (non-hydrogen) atoms. The van der Waals surface area contributed by atoms with E-state index in [1.165, 1.54) is 18.2 Å². The van der Waals surface area contributed by atoms with E-state index in [-0.39, 0.29) is 22.6 Å². The summed E-state index contributed by atoms with van der Waals surface area (Å²) in [6.07, 6.45) is 0.794. The lowest BCUT2D eigenvalue weighted by atomic mass is 10.1. The van der Waals surface area contributed by atoms with Gasteiger partial charge in [0.25, 0.3) is 5.91 Å². The third-order valence-corrected chi connectivity index (χ3v) is 5.06. The van der Waals surface area contributed by atoms with Crippen LogP contribution in [0.4, 0.5) is 0 Å². The van der Waals surface area contributed by atoms with Gasteiger partial charge >= 0.3 is 0 Å². The highest BCUT2D eigenvalue weighted by Crippen LogP contribution is 2.15. The van der Waals surface area contributed by atoms with Gasteiger partial charge in [-0.1, -0.05) is 25.1 Å². The van der Waals surface area contributed by atoms with Crippen molar-refractivity contribution >= 4 is 26.9 Å². The number of benzene rings is 2. The molecular formula is C19H18N2O5S. The second kappa shape index (κ2) is 7.34. The molecule has 0 fully saturated rings. The van der Waals surface area contributed by atoms with Crippen molar-refractivity contribution < 1.29 is 17.6 Å². The fraction of sp³-hybridized carbons (Fsp3) is 0.158. The van der Waals surface area contributed by atoms with Gasteiger partial charge in [-0.15, -0.1) is 0 Å². The Labute approximate surface area is 155 Å². The van der Waals surface area contributed by atoms with Gasteiger partial charge in [0.05, 0.1) is 10.3 Å². The number of nitrogens with two attached hydrogens (primary N) is 1. The Kier molecular flexibility index (Phi) is 5.11. The molecule has 0 unspecified atom stereocenters. The van der Waals surface area contributed by atoms with Gasteiger partial charge in [-0.25, -0.2) is 13.6 Å². The van der Waals surface area contributed by atoms with Crippen molar-refractivity contribution in [1.82, 2.24) is 5.32 Å². The summed E-state index contributed by atoms with van der Waals surface area (Å²) in [5, 5.41) is 8.11. The molecule has 0 radical (unpaired) electrons. The lowest BCUT2D eigenvalue weighted by Crippen LogP contribution is -2.24. The van der Waals surface area contributed by atoms with Gasteiger partial charge in [-0.3, -0.25) is 9.59 Å². The van der Waals surface area contributed by atoms with Crippen LogP contribution in [0.15, 0.2) is 62.6 Å². The first-order valence-electron chi connectivity index (χ1n) is 8.24. The predicted octanol–water partition coefficient (Wildman–Crippen LogP) is 1.93. The molecule has 3 N–H and O–H groups in total. The number of rotatable bonds is 5. The van der Waals surface area contributed by atoms with Crippen molar-refractivity contribution in [2.45, 2.75) is 24.8 Å². The zero-order chi connectivity index (χ0) is 19.6. The summed E-state index contributed by atoms with van der Waals surface area (Å²) in [6, 6.07) is 12.3. The molecule has 0 bridgehead atoms. The number of aryl methyl sites for hydroxylation is 1. The highest BCUT2D eigenvalue weighted by Gasteiger charge is 2.13. The van der Waals surface area contributed by atoms with Crippen LogP contribution in [0.25, 0.3) is 11.0 Å². The van der Waals surface area contributed by atoms with Crippen LogP contribution in [-0.4, -0.2) is 14.3 Å². The SMILES string of the molecule is CCc1ccc2oc(C(=O)NCc3ccc(S(N)(=O)=O)cc3)cc(=O)c2c1. The van der Waals surface area contributed by atoms with E-state index in [2.05, 4.69) is 5.32 Å². The van der Waals surface area contributed by atoms with Gasteiger partial charge in [0.15, 0.2) is 11.2 Å². The largest absolute Gasteiger partial charge is 0.451 e. The summed E-state index contributed by atoms with van der Waals surface area (Å²) in [6.45, 7) is 2.13. The molecule has 3 aromatic rings. The minimum atomic E-state index is -3.76.